The van der Waals surface area contributed by atoms with E-state index in [9.17, 15) is 14.7 Å². The first-order valence-corrected chi connectivity index (χ1v) is 10.1. The molecule has 1 amide bonds. The van der Waals surface area contributed by atoms with Gasteiger partial charge in [0.25, 0.3) is 0 Å². The van der Waals surface area contributed by atoms with Gasteiger partial charge in [-0.25, -0.2) is 4.79 Å². The summed E-state index contributed by atoms with van der Waals surface area (Å²) in [6, 6.07) is 15.9. The second kappa shape index (κ2) is 8.55. The minimum atomic E-state index is -1.03. The van der Waals surface area contributed by atoms with E-state index in [1.165, 1.54) is 12.1 Å². The molecule has 31 heavy (non-hydrogen) atoms. The number of hydrogen-bond acceptors (Lipinski definition) is 5. The van der Waals surface area contributed by atoms with Crippen LogP contribution in [-0.2, 0) is 11.3 Å². The van der Waals surface area contributed by atoms with E-state index in [1.807, 2.05) is 38.1 Å². The van der Waals surface area contributed by atoms with Gasteiger partial charge in [-0.15, -0.1) is 0 Å². The molecule has 1 aliphatic heterocycles. The number of rotatable bonds is 6. The molecule has 1 aromatic heterocycles. The number of aromatic carboxylic acids is 1. The van der Waals surface area contributed by atoms with E-state index >= 15 is 0 Å². The average Bonchev–Trinajstić information content (AvgIpc) is 3.07. The lowest BCUT2D eigenvalue weighted by molar-refractivity contribution is -0.128. The maximum atomic E-state index is 12.2. The minimum Gasteiger partial charge on any atom is -0.478 e. The van der Waals surface area contributed by atoms with E-state index in [0.29, 0.717) is 36.9 Å². The van der Waals surface area contributed by atoms with Crippen molar-refractivity contribution in [1.29, 1.82) is 0 Å². The van der Waals surface area contributed by atoms with Crippen LogP contribution in [0.1, 0.15) is 35.0 Å². The summed E-state index contributed by atoms with van der Waals surface area (Å²) in [5.41, 5.74) is 3.40. The lowest BCUT2D eigenvalue weighted by atomic mass is 10.1. The summed E-state index contributed by atoms with van der Waals surface area (Å²) in [5.74, 6) is 0.372. The highest BCUT2D eigenvalue weighted by molar-refractivity contribution is 5.88. The molecule has 2 aromatic carbocycles. The van der Waals surface area contributed by atoms with E-state index < -0.39 is 5.97 Å². The second-order valence-electron chi connectivity index (χ2n) is 7.90. The van der Waals surface area contributed by atoms with Gasteiger partial charge >= 0.3 is 5.97 Å². The number of aromatic nitrogens is 2. The standard InChI is InChI=1S/C24H23N3O4/c1-15-11-23(28)27(13-15)14-19-5-4-18(24(29)30)12-22(19)31-20-8-6-17(7-9-20)21-10-3-16(2)25-26-21/h3-10,12,15H,11,13-14H2,1-2H3,(H,29,30)/t15-/m0/s1. The number of nitrogens with zero attached hydrogens (tertiary/aromatic N) is 3. The number of carboxylic acid groups (broad SMARTS) is 1. The van der Waals surface area contributed by atoms with Crippen LogP contribution >= 0.6 is 0 Å². The molecule has 0 saturated carbocycles. The van der Waals surface area contributed by atoms with Crippen molar-refractivity contribution in [1.82, 2.24) is 15.1 Å². The van der Waals surface area contributed by atoms with Crippen LogP contribution in [0.2, 0.25) is 0 Å². The summed E-state index contributed by atoms with van der Waals surface area (Å²) in [6.07, 6.45) is 0.534. The molecule has 0 radical (unpaired) electrons. The Labute approximate surface area is 180 Å². The molecule has 1 saturated heterocycles. The van der Waals surface area contributed by atoms with Gasteiger partial charge in [0.2, 0.25) is 5.91 Å². The number of carbonyl (C=O) groups is 2. The molecular weight excluding hydrogens is 394 g/mol. The Bertz CT molecular complexity index is 1110. The van der Waals surface area contributed by atoms with Gasteiger partial charge in [-0.2, -0.15) is 10.2 Å². The first-order chi connectivity index (χ1) is 14.9. The molecule has 7 heteroatoms. The Hall–Kier alpha value is -3.74. The van der Waals surface area contributed by atoms with Crippen LogP contribution in [0.3, 0.4) is 0 Å². The smallest absolute Gasteiger partial charge is 0.335 e. The van der Waals surface area contributed by atoms with Gasteiger partial charge in [0.1, 0.15) is 11.5 Å². The molecule has 7 nitrogen and oxygen atoms in total. The van der Waals surface area contributed by atoms with E-state index in [4.69, 9.17) is 4.74 Å². The Balaban J connectivity index is 1.58. The van der Waals surface area contributed by atoms with Crippen molar-refractivity contribution < 1.29 is 19.4 Å². The van der Waals surface area contributed by atoms with Crippen molar-refractivity contribution in [2.75, 3.05) is 6.54 Å². The van der Waals surface area contributed by atoms with Crippen molar-refractivity contribution in [3.8, 4) is 22.8 Å². The number of carboxylic acids is 1. The van der Waals surface area contributed by atoms with Gasteiger partial charge in [-0.05, 0) is 61.4 Å². The predicted molar refractivity (Wildman–Crippen MR) is 115 cm³/mol. The van der Waals surface area contributed by atoms with Gasteiger partial charge < -0.3 is 14.7 Å². The summed E-state index contributed by atoms with van der Waals surface area (Å²) in [7, 11) is 0. The topological polar surface area (TPSA) is 92.6 Å². The molecule has 3 aromatic rings. The maximum Gasteiger partial charge on any atom is 0.335 e. The third-order valence-electron chi connectivity index (χ3n) is 5.26. The molecule has 2 heterocycles. The zero-order valence-electron chi connectivity index (χ0n) is 17.4. The van der Waals surface area contributed by atoms with Crippen molar-refractivity contribution in [3.63, 3.8) is 0 Å². The zero-order chi connectivity index (χ0) is 22.0. The lowest BCUT2D eigenvalue weighted by Gasteiger charge is -2.19. The highest BCUT2D eigenvalue weighted by atomic mass is 16.5. The number of amides is 1. The highest BCUT2D eigenvalue weighted by Gasteiger charge is 2.27. The number of carbonyl (C=O) groups excluding carboxylic acids is 1. The monoisotopic (exact) mass is 417 g/mol. The third kappa shape index (κ3) is 4.71. The van der Waals surface area contributed by atoms with E-state index in [2.05, 4.69) is 10.2 Å². The first-order valence-electron chi connectivity index (χ1n) is 10.1. The van der Waals surface area contributed by atoms with Gasteiger partial charge in [0.15, 0.2) is 0 Å². The fourth-order valence-corrected chi connectivity index (χ4v) is 3.61. The fraction of sp³-hybridized carbons (Fsp3) is 0.250. The van der Waals surface area contributed by atoms with Gasteiger partial charge in [-0.1, -0.05) is 13.0 Å². The van der Waals surface area contributed by atoms with Crippen molar-refractivity contribution in [2.45, 2.75) is 26.8 Å². The number of benzene rings is 2. The molecule has 0 aliphatic carbocycles. The molecule has 1 atom stereocenters. The van der Waals surface area contributed by atoms with Crippen LogP contribution in [0.15, 0.2) is 54.6 Å². The number of aryl methyl sites for hydroxylation is 1. The zero-order valence-corrected chi connectivity index (χ0v) is 17.4. The summed E-state index contributed by atoms with van der Waals surface area (Å²) >= 11 is 0. The summed E-state index contributed by atoms with van der Waals surface area (Å²) in [4.78, 5) is 25.4. The number of hydrogen-bond donors (Lipinski definition) is 1. The van der Waals surface area contributed by atoms with Crippen molar-refractivity contribution in [3.05, 3.63) is 71.4 Å². The quantitative estimate of drug-likeness (QED) is 0.642. The lowest BCUT2D eigenvalue weighted by Crippen LogP contribution is -2.24. The largest absolute Gasteiger partial charge is 0.478 e. The summed E-state index contributed by atoms with van der Waals surface area (Å²) < 4.78 is 6.05. The van der Waals surface area contributed by atoms with Gasteiger partial charge in [0.05, 0.1) is 17.0 Å². The fourth-order valence-electron chi connectivity index (χ4n) is 3.61. The Morgan fingerprint density at radius 3 is 2.52 bits per heavy atom. The predicted octanol–water partition coefficient (Wildman–Crippen LogP) is 4.31. The molecule has 158 valence electrons. The first kappa shape index (κ1) is 20.5. The minimum absolute atomic E-state index is 0.101. The molecule has 4 rings (SSSR count). The summed E-state index contributed by atoms with van der Waals surface area (Å²) in [5, 5.41) is 17.6. The van der Waals surface area contributed by atoms with E-state index in [0.717, 1.165) is 22.5 Å². The van der Waals surface area contributed by atoms with Crippen molar-refractivity contribution >= 4 is 11.9 Å². The average molecular weight is 417 g/mol. The highest BCUT2D eigenvalue weighted by Crippen LogP contribution is 2.31. The third-order valence-corrected chi connectivity index (χ3v) is 5.26. The molecule has 0 spiro atoms. The SMILES string of the molecule is Cc1ccc(-c2ccc(Oc3cc(C(=O)O)ccc3CN3C[C@@H](C)CC3=O)cc2)nn1. The Morgan fingerprint density at radius 2 is 1.90 bits per heavy atom. The molecule has 0 unspecified atom stereocenters. The Kier molecular flexibility index (Phi) is 5.66. The van der Waals surface area contributed by atoms with Crippen LogP contribution in [0.4, 0.5) is 0 Å². The normalized spacial score (nSPS) is 15.9. The molecule has 0 bridgehead atoms. The van der Waals surface area contributed by atoms with Crippen LogP contribution < -0.4 is 4.74 Å². The number of ether oxygens (including phenoxy) is 1. The van der Waals surface area contributed by atoms with E-state index in [-0.39, 0.29) is 11.5 Å². The van der Waals surface area contributed by atoms with Crippen LogP contribution in [-0.4, -0.2) is 38.6 Å². The van der Waals surface area contributed by atoms with Crippen molar-refractivity contribution in [2.24, 2.45) is 5.92 Å². The van der Waals surface area contributed by atoms with Gasteiger partial charge in [-0.3, -0.25) is 4.79 Å². The number of likely N-dealkylation sites (tertiary alicyclic amines) is 1. The van der Waals surface area contributed by atoms with Gasteiger partial charge in [0, 0.05) is 30.6 Å². The van der Waals surface area contributed by atoms with E-state index in [1.54, 1.807) is 23.1 Å². The molecule has 1 N–H and O–H groups in total. The second-order valence-corrected chi connectivity index (χ2v) is 7.90. The van der Waals surface area contributed by atoms with Crippen LogP contribution in [0.25, 0.3) is 11.3 Å². The summed E-state index contributed by atoms with van der Waals surface area (Å²) in [6.45, 7) is 5.00. The molecule has 1 aliphatic rings. The molecular formula is C24H23N3O4. The van der Waals surface area contributed by atoms with Crippen LogP contribution in [0.5, 0.6) is 11.5 Å². The Morgan fingerprint density at radius 1 is 1.13 bits per heavy atom. The molecule has 1 fully saturated rings. The maximum absolute atomic E-state index is 12.2. The van der Waals surface area contributed by atoms with Crippen LogP contribution in [0, 0.1) is 12.8 Å².